The number of phenols is 1. The Bertz CT molecular complexity index is 713. The molecule has 24 heavy (non-hydrogen) atoms. The summed E-state index contributed by atoms with van der Waals surface area (Å²) in [7, 11) is 0. The molecule has 1 saturated heterocycles. The van der Waals surface area contributed by atoms with Crippen molar-refractivity contribution in [2.45, 2.75) is 19.8 Å². The molecule has 0 aliphatic carbocycles. The van der Waals surface area contributed by atoms with Crippen LogP contribution in [-0.4, -0.2) is 40.1 Å². The lowest BCUT2D eigenvalue weighted by Gasteiger charge is -2.29. The average Bonchev–Trinajstić information content (AvgIpc) is 2.57. The fraction of sp³-hybridized carbons (Fsp3) is 0.353. The Kier molecular flexibility index (Phi) is 5.42. The summed E-state index contributed by atoms with van der Waals surface area (Å²) in [5.41, 5.74) is 1.41. The van der Waals surface area contributed by atoms with Gasteiger partial charge in [-0.2, -0.15) is 5.26 Å². The van der Waals surface area contributed by atoms with Gasteiger partial charge in [-0.25, -0.2) is 0 Å². The number of hydrogen-bond acceptors (Lipinski definition) is 5. The minimum Gasteiger partial charge on any atom is -0.508 e. The highest BCUT2D eigenvalue weighted by atomic mass is 16.4. The van der Waals surface area contributed by atoms with Gasteiger partial charge >= 0.3 is 5.97 Å². The number of aromatic hydroxyl groups is 1. The molecule has 1 aliphatic rings. The summed E-state index contributed by atoms with van der Waals surface area (Å²) in [6.07, 6.45) is 2.12. The topological polar surface area (TPSA) is 114 Å². The molecule has 1 aromatic carbocycles. The zero-order valence-electron chi connectivity index (χ0n) is 13.3. The molecule has 0 aromatic heterocycles. The van der Waals surface area contributed by atoms with E-state index in [-0.39, 0.29) is 11.3 Å². The minimum atomic E-state index is -0.845. The van der Waals surface area contributed by atoms with Crippen LogP contribution in [0, 0.1) is 24.2 Å². The Hall–Kier alpha value is -3.01. The van der Waals surface area contributed by atoms with Gasteiger partial charge in [0.25, 0.3) is 5.91 Å². The Morgan fingerprint density at radius 1 is 1.38 bits per heavy atom. The van der Waals surface area contributed by atoms with Crippen LogP contribution in [0.4, 0.5) is 5.69 Å². The number of rotatable bonds is 4. The van der Waals surface area contributed by atoms with Crippen molar-refractivity contribution in [1.29, 1.82) is 5.26 Å². The number of carboxylic acids is 1. The molecule has 0 unspecified atom stereocenters. The number of likely N-dealkylation sites (tertiary alicyclic amines) is 1. The molecule has 1 aliphatic heterocycles. The summed E-state index contributed by atoms with van der Waals surface area (Å²) < 4.78 is 0. The second-order valence-corrected chi connectivity index (χ2v) is 5.72. The maximum atomic E-state index is 12.4. The molecule has 0 bridgehead atoms. The van der Waals surface area contributed by atoms with Crippen LogP contribution >= 0.6 is 0 Å². The Balaban J connectivity index is 2.04. The predicted molar refractivity (Wildman–Crippen MR) is 87.1 cm³/mol. The standard InChI is InChI=1S/C17H19N3O4/c1-11-8-14(21)2-3-15(11)19-10-13(9-18)16(22)20-6-4-12(5-7-20)17(23)24/h2-3,8,10,12,19,21H,4-7H2,1H3,(H,23,24)/b13-10-. The van der Waals surface area contributed by atoms with E-state index in [1.165, 1.54) is 17.2 Å². The van der Waals surface area contributed by atoms with Crippen molar-refractivity contribution < 1.29 is 19.8 Å². The first kappa shape index (κ1) is 17.3. The van der Waals surface area contributed by atoms with Crippen LogP contribution in [0.5, 0.6) is 5.75 Å². The van der Waals surface area contributed by atoms with Gasteiger partial charge in [0, 0.05) is 25.0 Å². The SMILES string of the molecule is Cc1cc(O)ccc1N/C=C(/C#N)C(=O)N1CCC(C(=O)O)CC1. The maximum absolute atomic E-state index is 12.4. The van der Waals surface area contributed by atoms with E-state index in [9.17, 15) is 20.0 Å². The molecule has 0 spiro atoms. The number of nitriles is 1. The molecule has 7 nitrogen and oxygen atoms in total. The highest BCUT2D eigenvalue weighted by molar-refractivity contribution is 5.97. The van der Waals surface area contributed by atoms with Crippen molar-refractivity contribution in [3.8, 4) is 11.8 Å². The summed E-state index contributed by atoms with van der Waals surface area (Å²) in [5.74, 6) is -1.55. The van der Waals surface area contributed by atoms with Crippen molar-refractivity contribution in [3.63, 3.8) is 0 Å². The van der Waals surface area contributed by atoms with Gasteiger partial charge < -0.3 is 20.4 Å². The first-order valence-electron chi connectivity index (χ1n) is 7.61. The smallest absolute Gasteiger partial charge is 0.306 e. The van der Waals surface area contributed by atoms with Gasteiger partial charge in [0.05, 0.1) is 5.92 Å². The van der Waals surface area contributed by atoms with Crippen molar-refractivity contribution in [2.75, 3.05) is 18.4 Å². The molecule has 1 fully saturated rings. The van der Waals surface area contributed by atoms with E-state index >= 15 is 0 Å². The summed E-state index contributed by atoms with van der Waals surface area (Å²) in [6, 6.07) is 6.61. The third kappa shape index (κ3) is 4.04. The van der Waals surface area contributed by atoms with Gasteiger partial charge in [-0.15, -0.1) is 0 Å². The normalized spacial score (nSPS) is 15.7. The molecular weight excluding hydrogens is 310 g/mol. The van der Waals surface area contributed by atoms with Crippen LogP contribution in [0.15, 0.2) is 30.0 Å². The van der Waals surface area contributed by atoms with Crippen LogP contribution in [0.1, 0.15) is 18.4 Å². The molecule has 7 heteroatoms. The lowest BCUT2D eigenvalue weighted by Crippen LogP contribution is -2.40. The number of nitrogens with zero attached hydrogens (tertiary/aromatic N) is 2. The maximum Gasteiger partial charge on any atom is 0.306 e. The predicted octanol–water partition coefficient (Wildman–Crippen LogP) is 1.84. The number of aryl methyl sites for hydroxylation is 1. The Labute approximate surface area is 139 Å². The van der Waals surface area contributed by atoms with E-state index in [0.29, 0.717) is 31.6 Å². The quantitative estimate of drug-likeness (QED) is 0.441. The number of amides is 1. The number of piperidine rings is 1. The van der Waals surface area contributed by atoms with Crippen molar-refractivity contribution >= 4 is 17.6 Å². The van der Waals surface area contributed by atoms with Crippen LogP contribution in [0.3, 0.4) is 0 Å². The van der Waals surface area contributed by atoms with E-state index in [2.05, 4.69) is 5.32 Å². The number of aliphatic carboxylic acids is 1. The van der Waals surface area contributed by atoms with Gasteiger partial charge in [-0.1, -0.05) is 0 Å². The molecular formula is C17H19N3O4. The zero-order valence-corrected chi connectivity index (χ0v) is 13.3. The monoisotopic (exact) mass is 329 g/mol. The summed E-state index contributed by atoms with van der Waals surface area (Å²) in [5, 5.41) is 30.5. The van der Waals surface area contributed by atoms with Gasteiger partial charge in [-0.05, 0) is 43.5 Å². The van der Waals surface area contributed by atoms with Gasteiger partial charge in [0.15, 0.2) is 0 Å². The Morgan fingerprint density at radius 2 is 2.04 bits per heavy atom. The van der Waals surface area contributed by atoms with Crippen molar-refractivity contribution in [1.82, 2.24) is 4.90 Å². The minimum absolute atomic E-state index is 0.0451. The third-order valence-electron chi connectivity index (χ3n) is 4.06. The van der Waals surface area contributed by atoms with E-state index in [4.69, 9.17) is 5.11 Å². The van der Waals surface area contributed by atoms with Crippen molar-refractivity contribution in [2.24, 2.45) is 5.92 Å². The second-order valence-electron chi connectivity index (χ2n) is 5.72. The number of carboxylic acid groups (broad SMARTS) is 1. The summed E-state index contributed by atoms with van der Waals surface area (Å²) in [6.45, 7) is 2.44. The summed E-state index contributed by atoms with van der Waals surface area (Å²) >= 11 is 0. The highest BCUT2D eigenvalue weighted by Crippen LogP contribution is 2.21. The van der Waals surface area contributed by atoms with Crippen molar-refractivity contribution in [3.05, 3.63) is 35.5 Å². The number of hydrogen-bond donors (Lipinski definition) is 3. The first-order chi connectivity index (χ1) is 11.4. The molecule has 1 aromatic rings. The van der Waals surface area contributed by atoms with Crippen LogP contribution < -0.4 is 5.32 Å². The van der Waals surface area contributed by atoms with Gasteiger partial charge in [0.1, 0.15) is 17.4 Å². The zero-order chi connectivity index (χ0) is 17.7. The largest absolute Gasteiger partial charge is 0.508 e. The number of nitrogens with one attached hydrogen (secondary N) is 1. The lowest BCUT2D eigenvalue weighted by molar-refractivity contribution is -0.145. The number of carbonyl (C=O) groups excluding carboxylic acids is 1. The molecule has 126 valence electrons. The van der Waals surface area contributed by atoms with Crippen LogP contribution in [-0.2, 0) is 9.59 Å². The third-order valence-corrected chi connectivity index (χ3v) is 4.06. The van der Waals surface area contributed by atoms with E-state index < -0.39 is 17.8 Å². The van der Waals surface area contributed by atoms with E-state index in [1.807, 2.05) is 6.07 Å². The summed E-state index contributed by atoms with van der Waals surface area (Å²) in [4.78, 5) is 24.8. The average molecular weight is 329 g/mol. The van der Waals surface area contributed by atoms with E-state index in [1.54, 1.807) is 19.1 Å². The van der Waals surface area contributed by atoms with Crippen LogP contribution in [0.25, 0.3) is 0 Å². The van der Waals surface area contributed by atoms with Gasteiger partial charge in [0.2, 0.25) is 0 Å². The fourth-order valence-electron chi connectivity index (χ4n) is 2.60. The van der Waals surface area contributed by atoms with Gasteiger partial charge in [-0.3, -0.25) is 9.59 Å². The lowest BCUT2D eigenvalue weighted by atomic mass is 9.97. The number of benzene rings is 1. The second kappa shape index (κ2) is 7.51. The molecule has 0 atom stereocenters. The number of phenolic OH excluding ortho intramolecular Hbond substituents is 1. The molecule has 1 heterocycles. The molecule has 0 saturated carbocycles. The number of carbonyl (C=O) groups is 2. The molecule has 1 amide bonds. The first-order valence-corrected chi connectivity index (χ1v) is 7.61. The highest BCUT2D eigenvalue weighted by Gasteiger charge is 2.28. The Morgan fingerprint density at radius 3 is 2.58 bits per heavy atom. The molecule has 2 rings (SSSR count). The molecule has 3 N–H and O–H groups in total. The fourth-order valence-corrected chi connectivity index (χ4v) is 2.60. The number of anilines is 1. The van der Waals surface area contributed by atoms with Crippen LogP contribution in [0.2, 0.25) is 0 Å². The molecule has 0 radical (unpaired) electrons. The van der Waals surface area contributed by atoms with E-state index in [0.717, 1.165) is 5.56 Å².